The van der Waals surface area contributed by atoms with Crippen LogP contribution in [-0.4, -0.2) is 43.0 Å². The van der Waals surface area contributed by atoms with Crippen LogP contribution in [0.15, 0.2) is 67.0 Å². The minimum atomic E-state index is -1.40. The van der Waals surface area contributed by atoms with Gasteiger partial charge in [0.2, 0.25) is 0 Å². The summed E-state index contributed by atoms with van der Waals surface area (Å²) in [7, 11) is 1.59. The molecule has 2 aliphatic heterocycles. The van der Waals surface area contributed by atoms with Crippen LogP contribution in [0.5, 0.6) is 11.5 Å². The molecular formula is C28H27N3O4. The highest BCUT2D eigenvalue weighted by molar-refractivity contribution is 5.58. The molecule has 2 aromatic carbocycles. The standard InChI is InChI=1S/C28H27N3O4/c1-33-24-14-30-15-25-26(24)27(32)21(13-31-22-16-34-17-22)11-23(19-5-3-2-4-6-19)28(27,35-25)20-9-7-18(12-29)8-10-20/h2-10,14-15,21-23,31-32H,11,13,16-17H2,1H3. The van der Waals surface area contributed by atoms with Crippen molar-refractivity contribution in [1.82, 2.24) is 10.3 Å². The molecule has 0 spiro atoms. The number of aliphatic hydroxyl groups is 1. The van der Waals surface area contributed by atoms with Crippen LogP contribution in [0.25, 0.3) is 0 Å². The van der Waals surface area contributed by atoms with Gasteiger partial charge in [0.1, 0.15) is 17.1 Å². The smallest absolute Gasteiger partial charge is 0.174 e. The van der Waals surface area contributed by atoms with E-state index >= 15 is 0 Å². The summed E-state index contributed by atoms with van der Waals surface area (Å²) in [6.07, 6.45) is 3.99. The zero-order valence-corrected chi connectivity index (χ0v) is 19.5. The Morgan fingerprint density at radius 3 is 2.57 bits per heavy atom. The fraction of sp³-hybridized carbons (Fsp3) is 0.357. The van der Waals surface area contributed by atoms with E-state index < -0.39 is 11.2 Å². The Labute approximate surface area is 204 Å². The molecule has 1 aliphatic carbocycles. The zero-order valence-electron chi connectivity index (χ0n) is 19.5. The van der Waals surface area contributed by atoms with E-state index in [0.29, 0.717) is 48.8 Å². The van der Waals surface area contributed by atoms with Gasteiger partial charge in [-0.05, 0) is 29.7 Å². The Balaban J connectivity index is 1.57. The lowest BCUT2D eigenvalue weighted by atomic mass is 9.70. The second-order valence-electron chi connectivity index (χ2n) is 9.55. The Morgan fingerprint density at radius 2 is 1.91 bits per heavy atom. The molecule has 0 bridgehead atoms. The lowest BCUT2D eigenvalue weighted by Gasteiger charge is -2.42. The maximum Gasteiger partial charge on any atom is 0.174 e. The number of nitriles is 1. The third-order valence-corrected chi connectivity index (χ3v) is 7.85. The number of methoxy groups -OCH3 is 1. The number of nitrogens with one attached hydrogen (secondary N) is 1. The van der Waals surface area contributed by atoms with Gasteiger partial charge >= 0.3 is 0 Å². The quantitative estimate of drug-likeness (QED) is 0.572. The predicted molar refractivity (Wildman–Crippen MR) is 128 cm³/mol. The van der Waals surface area contributed by atoms with Gasteiger partial charge in [-0.1, -0.05) is 42.5 Å². The Morgan fingerprint density at radius 1 is 1.14 bits per heavy atom. The van der Waals surface area contributed by atoms with Crippen LogP contribution >= 0.6 is 0 Å². The minimum absolute atomic E-state index is 0.150. The van der Waals surface area contributed by atoms with E-state index in [1.807, 2.05) is 30.3 Å². The van der Waals surface area contributed by atoms with E-state index in [1.165, 1.54) is 0 Å². The molecule has 178 valence electrons. The maximum absolute atomic E-state index is 13.0. The number of aromatic nitrogens is 1. The van der Waals surface area contributed by atoms with Gasteiger partial charge in [-0.2, -0.15) is 5.26 Å². The van der Waals surface area contributed by atoms with Gasteiger partial charge in [-0.25, -0.2) is 0 Å². The highest BCUT2D eigenvalue weighted by Crippen LogP contribution is 2.69. The third-order valence-electron chi connectivity index (χ3n) is 7.85. The van der Waals surface area contributed by atoms with Gasteiger partial charge in [0, 0.05) is 18.4 Å². The molecule has 1 aromatic heterocycles. The third kappa shape index (κ3) is 3.11. The predicted octanol–water partition coefficient (Wildman–Crippen LogP) is 3.23. The monoisotopic (exact) mass is 469 g/mol. The van der Waals surface area contributed by atoms with Crippen molar-refractivity contribution in [3.8, 4) is 17.6 Å². The first kappa shape index (κ1) is 22.1. The Kier molecular flexibility index (Phi) is 5.26. The van der Waals surface area contributed by atoms with Crippen LogP contribution in [0.2, 0.25) is 0 Å². The van der Waals surface area contributed by atoms with Crippen molar-refractivity contribution in [2.75, 3.05) is 26.9 Å². The van der Waals surface area contributed by atoms with Crippen molar-refractivity contribution in [1.29, 1.82) is 5.26 Å². The highest BCUT2D eigenvalue weighted by atomic mass is 16.5. The molecule has 35 heavy (non-hydrogen) atoms. The average molecular weight is 470 g/mol. The lowest BCUT2D eigenvalue weighted by Crippen LogP contribution is -2.54. The molecule has 3 aliphatic rings. The molecule has 3 aromatic rings. The SMILES string of the molecule is COc1cncc2c1C1(O)C(CNC3COC3)CC(c3ccccc3)C1(c1ccc(C#N)cc1)O2. The molecule has 2 N–H and O–H groups in total. The summed E-state index contributed by atoms with van der Waals surface area (Å²) in [5, 5.41) is 25.9. The van der Waals surface area contributed by atoms with Gasteiger partial charge in [0.15, 0.2) is 5.60 Å². The van der Waals surface area contributed by atoms with Crippen LogP contribution in [0, 0.1) is 17.2 Å². The van der Waals surface area contributed by atoms with E-state index in [4.69, 9.17) is 14.2 Å². The summed E-state index contributed by atoms with van der Waals surface area (Å²) in [6, 6.07) is 20.0. The van der Waals surface area contributed by atoms with Crippen molar-refractivity contribution >= 4 is 0 Å². The van der Waals surface area contributed by atoms with Crippen LogP contribution in [0.1, 0.15) is 34.6 Å². The van der Waals surface area contributed by atoms with E-state index in [2.05, 4.69) is 28.5 Å². The molecule has 0 radical (unpaired) electrons. The number of hydrogen-bond donors (Lipinski definition) is 2. The number of nitrogens with zero attached hydrogens (tertiary/aromatic N) is 2. The molecule has 7 heteroatoms. The van der Waals surface area contributed by atoms with E-state index in [-0.39, 0.29) is 17.9 Å². The lowest BCUT2D eigenvalue weighted by molar-refractivity contribution is -0.129. The highest BCUT2D eigenvalue weighted by Gasteiger charge is 2.73. The Bertz CT molecular complexity index is 1270. The molecule has 1 saturated carbocycles. The first-order valence-corrected chi connectivity index (χ1v) is 11.9. The number of benzene rings is 2. The molecule has 6 rings (SSSR count). The average Bonchev–Trinajstić information content (AvgIpc) is 3.29. The fourth-order valence-electron chi connectivity index (χ4n) is 6.16. The summed E-state index contributed by atoms with van der Waals surface area (Å²) in [6.45, 7) is 1.95. The normalized spacial score (nSPS) is 28.9. The van der Waals surface area contributed by atoms with Crippen molar-refractivity contribution in [2.24, 2.45) is 5.92 Å². The second kappa shape index (κ2) is 8.35. The molecule has 2 fully saturated rings. The number of rotatable bonds is 6. The Hall–Kier alpha value is -3.44. The van der Waals surface area contributed by atoms with Crippen LogP contribution < -0.4 is 14.8 Å². The number of fused-ring (bicyclic) bond motifs is 3. The number of ether oxygens (including phenoxy) is 3. The zero-order chi connectivity index (χ0) is 24.0. The van der Waals surface area contributed by atoms with E-state index in [9.17, 15) is 10.4 Å². The molecule has 4 atom stereocenters. The summed E-state index contributed by atoms with van der Waals surface area (Å²) in [5.41, 5.74) is 0.576. The van der Waals surface area contributed by atoms with E-state index in [1.54, 1.807) is 31.6 Å². The van der Waals surface area contributed by atoms with Gasteiger partial charge in [0.25, 0.3) is 0 Å². The molecular weight excluding hydrogens is 442 g/mol. The maximum atomic E-state index is 13.0. The van der Waals surface area contributed by atoms with Gasteiger partial charge < -0.3 is 24.6 Å². The fourth-order valence-corrected chi connectivity index (χ4v) is 6.16. The van der Waals surface area contributed by atoms with Crippen LogP contribution in [0.4, 0.5) is 0 Å². The van der Waals surface area contributed by atoms with Crippen LogP contribution in [-0.2, 0) is 15.9 Å². The van der Waals surface area contributed by atoms with Crippen LogP contribution in [0.3, 0.4) is 0 Å². The van der Waals surface area contributed by atoms with Crippen molar-refractivity contribution < 1.29 is 19.3 Å². The summed E-state index contributed by atoms with van der Waals surface area (Å²) in [5.74, 6) is 0.699. The first-order chi connectivity index (χ1) is 17.1. The second-order valence-corrected chi connectivity index (χ2v) is 9.55. The van der Waals surface area contributed by atoms with Crippen molar-refractivity contribution in [2.45, 2.75) is 29.6 Å². The molecule has 4 unspecified atom stereocenters. The van der Waals surface area contributed by atoms with Gasteiger partial charge in [-0.3, -0.25) is 4.98 Å². The summed E-state index contributed by atoms with van der Waals surface area (Å²) < 4.78 is 17.9. The molecule has 3 heterocycles. The van der Waals surface area contributed by atoms with Gasteiger partial charge in [0.05, 0.1) is 56.0 Å². The van der Waals surface area contributed by atoms with Crippen molar-refractivity contribution in [3.05, 3.63) is 89.2 Å². The summed E-state index contributed by atoms with van der Waals surface area (Å²) >= 11 is 0. The summed E-state index contributed by atoms with van der Waals surface area (Å²) in [4.78, 5) is 4.32. The number of hydrogen-bond acceptors (Lipinski definition) is 7. The molecule has 1 saturated heterocycles. The number of pyridine rings is 1. The molecule has 7 nitrogen and oxygen atoms in total. The van der Waals surface area contributed by atoms with Gasteiger partial charge in [-0.15, -0.1) is 0 Å². The van der Waals surface area contributed by atoms with Crippen molar-refractivity contribution in [3.63, 3.8) is 0 Å². The minimum Gasteiger partial charge on any atom is -0.495 e. The topological polar surface area (TPSA) is 96.6 Å². The van der Waals surface area contributed by atoms with E-state index in [0.717, 1.165) is 11.1 Å². The first-order valence-electron chi connectivity index (χ1n) is 11.9. The molecule has 0 amide bonds. The largest absolute Gasteiger partial charge is 0.495 e.